The van der Waals surface area contributed by atoms with Gasteiger partial charge in [0.2, 0.25) is 5.69 Å². The zero-order valence-corrected chi connectivity index (χ0v) is 15.6. The first-order valence-corrected chi connectivity index (χ1v) is 8.37. The van der Waals surface area contributed by atoms with Crippen molar-refractivity contribution in [2.24, 2.45) is 0 Å². The number of rotatable bonds is 1. The minimum absolute atomic E-state index is 0.0320. The lowest BCUT2D eigenvalue weighted by molar-refractivity contribution is 0.730. The maximum atomic E-state index is 9.54. The van der Waals surface area contributed by atoms with Crippen molar-refractivity contribution in [2.75, 3.05) is 16.8 Å². The molecular weight excluding hydrogens is 308 g/mol. The standard InChI is InChI=1S/C21H22N4/c1-12-10-13(2)19(15(4)14(12)3)25-16(5)24(7)20-17(11-22)8-9-18(23-6)21(20)25/h8-10,16H,1-5,7H3/t16-/m0/s1. The number of anilines is 3. The van der Waals surface area contributed by atoms with E-state index >= 15 is 0 Å². The van der Waals surface area contributed by atoms with Gasteiger partial charge >= 0.3 is 0 Å². The third kappa shape index (κ3) is 2.26. The highest BCUT2D eigenvalue weighted by Gasteiger charge is 2.37. The zero-order chi connectivity index (χ0) is 18.5. The van der Waals surface area contributed by atoms with E-state index in [1.54, 1.807) is 12.1 Å². The van der Waals surface area contributed by atoms with Gasteiger partial charge in [0.1, 0.15) is 12.2 Å². The minimum atomic E-state index is 0.0320. The molecule has 0 saturated heterocycles. The van der Waals surface area contributed by atoms with E-state index in [9.17, 15) is 5.26 Å². The number of hydrogen-bond acceptors (Lipinski definition) is 3. The first-order valence-electron chi connectivity index (χ1n) is 8.37. The van der Waals surface area contributed by atoms with Crippen LogP contribution in [-0.2, 0) is 0 Å². The molecule has 4 nitrogen and oxygen atoms in total. The van der Waals surface area contributed by atoms with Crippen LogP contribution in [0.15, 0.2) is 18.2 Å². The molecule has 0 bridgehead atoms. The quantitative estimate of drug-likeness (QED) is 0.667. The maximum absolute atomic E-state index is 9.54. The van der Waals surface area contributed by atoms with Crippen LogP contribution in [0.1, 0.15) is 34.7 Å². The van der Waals surface area contributed by atoms with Gasteiger partial charge in [-0.3, -0.25) is 0 Å². The van der Waals surface area contributed by atoms with Crippen LogP contribution >= 0.6 is 0 Å². The molecule has 1 heterocycles. The summed E-state index contributed by atoms with van der Waals surface area (Å²) in [6, 6.07) is 7.99. The van der Waals surface area contributed by atoms with Crippen LogP contribution in [0.25, 0.3) is 4.85 Å². The van der Waals surface area contributed by atoms with Crippen LogP contribution in [-0.4, -0.2) is 13.2 Å². The Morgan fingerprint density at radius 2 is 1.72 bits per heavy atom. The number of hydrogen-bond donors (Lipinski definition) is 0. The van der Waals surface area contributed by atoms with E-state index in [-0.39, 0.29) is 6.17 Å². The predicted octanol–water partition coefficient (Wildman–Crippen LogP) is 5.28. The summed E-state index contributed by atoms with van der Waals surface area (Å²) in [6.07, 6.45) is 0.0320. The summed E-state index contributed by atoms with van der Waals surface area (Å²) in [6.45, 7) is 18.2. The Bertz CT molecular complexity index is 960. The fraction of sp³-hybridized carbons (Fsp3) is 0.333. The van der Waals surface area contributed by atoms with E-state index in [2.05, 4.69) is 61.4 Å². The van der Waals surface area contributed by atoms with Crippen molar-refractivity contribution in [1.29, 1.82) is 5.26 Å². The number of nitrogens with zero attached hydrogens (tertiary/aromatic N) is 4. The largest absolute Gasteiger partial charge is 0.353 e. The van der Waals surface area contributed by atoms with Gasteiger partial charge in [0.25, 0.3) is 0 Å². The lowest BCUT2D eigenvalue weighted by Gasteiger charge is -2.32. The van der Waals surface area contributed by atoms with Crippen molar-refractivity contribution in [2.45, 2.75) is 40.8 Å². The van der Waals surface area contributed by atoms with Crippen molar-refractivity contribution < 1.29 is 0 Å². The van der Waals surface area contributed by atoms with Crippen molar-refractivity contribution >= 4 is 22.7 Å². The first kappa shape index (κ1) is 16.9. The molecule has 0 fully saturated rings. The molecule has 4 heteroatoms. The Kier molecular flexibility index (Phi) is 3.93. The molecule has 25 heavy (non-hydrogen) atoms. The summed E-state index contributed by atoms with van der Waals surface area (Å²) >= 11 is 0. The lowest BCUT2D eigenvalue weighted by atomic mass is 9.97. The monoisotopic (exact) mass is 330 g/mol. The average molecular weight is 330 g/mol. The van der Waals surface area contributed by atoms with Gasteiger partial charge in [-0.1, -0.05) is 18.2 Å². The molecule has 0 radical (unpaired) electrons. The highest BCUT2D eigenvalue weighted by molar-refractivity contribution is 5.96. The minimum Gasteiger partial charge on any atom is -0.353 e. The van der Waals surface area contributed by atoms with Crippen LogP contribution in [0, 0.1) is 45.6 Å². The van der Waals surface area contributed by atoms with Gasteiger partial charge in [-0.05, 0) is 56.9 Å². The maximum Gasteiger partial charge on any atom is 0.212 e. The summed E-state index contributed by atoms with van der Waals surface area (Å²) in [5.74, 6) is 0. The average Bonchev–Trinajstić information content (AvgIpc) is 2.85. The van der Waals surface area contributed by atoms with Crippen molar-refractivity contribution in [3.8, 4) is 6.07 Å². The highest BCUT2D eigenvalue weighted by atomic mass is 15.4. The second-order valence-electron chi connectivity index (χ2n) is 6.77. The first-order chi connectivity index (χ1) is 11.8. The molecule has 0 aliphatic carbocycles. The van der Waals surface area contributed by atoms with Gasteiger partial charge in [0, 0.05) is 12.7 Å². The van der Waals surface area contributed by atoms with Gasteiger partial charge in [-0.25, -0.2) is 4.85 Å². The van der Waals surface area contributed by atoms with E-state index < -0.39 is 0 Å². The van der Waals surface area contributed by atoms with Crippen LogP contribution < -0.4 is 9.80 Å². The normalized spacial score (nSPS) is 15.8. The summed E-state index contributed by atoms with van der Waals surface area (Å²) in [5.41, 5.74) is 8.98. The van der Waals surface area contributed by atoms with Gasteiger partial charge in [-0.2, -0.15) is 5.26 Å². The second-order valence-corrected chi connectivity index (χ2v) is 6.77. The molecule has 0 saturated carbocycles. The summed E-state index contributed by atoms with van der Waals surface area (Å²) in [5, 5.41) is 9.54. The Labute approximate surface area is 149 Å². The molecule has 1 aliphatic heterocycles. The molecule has 0 spiro atoms. The van der Waals surface area contributed by atoms with Crippen LogP contribution in [0.4, 0.5) is 22.7 Å². The van der Waals surface area contributed by atoms with Crippen LogP contribution in [0.5, 0.6) is 0 Å². The Balaban J connectivity index is 2.39. The summed E-state index contributed by atoms with van der Waals surface area (Å²) in [4.78, 5) is 8.05. The lowest BCUT2D eigenvalue weighted by Crippen LogP contribution is -2.36. The molecule has 126 valence electrons. The van der Waals surface area contributed by atoms with Gasteiger partial charge in [0.05, 0.1) is 23.5 Å². The number of benzene rings is 2. The Morgan fingerprint density at radius 1 is 1.04 bits per heavy atom. The van der Waals surface area contributed by atoms with Gasteiger partial charge in [-0.15, -0.1) is 0 Å². The van der Waals surface area contributed by atoms with E-state index in [0.717, 1.165) is 17.1 Å². The van der Waals surface area contributed by atoms with Gasteiger partial charge in [0.15, 0.2) is 0 Å². The molecule has 1 atom stereocenters. The van der Waals surface area contributed by atoms with Crippen molar-refractivity contribution in [3.05, 3.63) is 57.4 Å². The number of fused-ring (bicyclic) bond motifs is 1. The predicted molar refractivity (Wildman–Crippen MR) is 103 cm³/mol. The fourth-order valence-electron chi connectivity index (χ4n) is 3.83. The summed E-state index contributed by atoms with van der Waals surface area (Å²) in [7, 11) is 1.99. The molecule has 3 rings (SSSR count). The summed E-state index contributed by atoms with van der Waals surface area (Å²) < 4.78 is 0. The van der Waals surface area contributed by atoms with Gasteiger partial charge < -0.3 is 9.80 Å². The zero-order valence-electron chi connectivity index (χ0n) is 15.6. The molecule has 0 amide bonds. The van der Waals surface area contributed by atoms with E-state index in [1.165, 1.54) is 22.3 Å². The third-order valence-electron chi connectivity index (χ3n) is 5.46. The topological polar surface area (TPSA) is 34.6 Å². The van der Waals surface area contributed by atoms with E-state index in [0.29, 0.717) is 11.3 Å². The Hall–Kier alpha value is -2.98. The number of nitriles is 1. The molecule has 2 aromatic rings. The molecule has 0 unspecified atom stereocenters. The molecule has 2 aromatic carbocycles. The number of aryl methyl sites for hydroxylation is 2. The molecule has 0 N–H and O–H groups in total. The van der Waals surface area contributed by atoms with Crippen molar-refractivity contribution in [1.82, 2.24) is 0 Å². The smallest absolute Gasteiger partial charge is 0.212 e. The molecule has 0 aromatic heterocycles. The molecule has 1 aliphatic rings. The third-order valence-corrected chi connectivity index (χ3v) is 5.46. The fourth-order valence-corrected chi connectivity index (χ4v) is 3.83. The Morgan fingerprint density at radius 3 is 2.32 bits per heavy atom. The second kappa shape index (κ2) is 5.83. The van der Waals surface area contributed by atoms with Crippen molar-refractivity contribution in [3.63, 3.8) is 0 Å². The van der Waals surface area contributed by atoms with E-state index in [1.807, 2.05) is 7.05 Å². The van der Waals surface area contributed by atoms with Crippen LogP contribution in [0.2, 0.25) is 0 Å². The SMILES string of the molecule is [C-]#[N+]c1ccc(C#N)c2c1N(c1c(C)cc(C)c(C)c1C)[C@@H](C)N2C. The molecular formula is C21H22N4. The van der Waals surface area contributed by atoms with Crippen LogP contribution in [0.3, 0.4) is 0 Å². The highest BCUT2D eigenvalue weighted by Crippen LogP contribution is 2.52. The van der Waals surface area contributed by atoms with E-state index in [4.69, 9.17) is 6.57 Å².